The molecular weight excluding hydrogens is 359 g/mol. The number of pyridine rings is 1. The maximum Gasteiger partial charge on any atom is 0.263 e. The average Bonchev–Trinajstić information content (AvgIpc) is 2.33. The summed E-state index contributed by atoms with van der Waals surface area (Å²) in [5, 5.41) is -0.0768. The van der Waals surface area contributed by atoms with Crippen LogP contribution in [0, 0.1) is 5.82 Å². The third kappa shape index (κ3) is 3.43. The molecule has 0 atom stereocenters. The summed E-state index contributed by atoms with van der Waals surface area (Å²) < 4.78 is 40.0. The average molecular weight is 366 g/mol. The number of nitrogens with one attached hydrogen (secondary N) is 1. The van der Waals surface area contributed by atoms with Crippen molar-refractivity contribution in [2.45, 2.75) is 4.90 Å². The Morgan fingerprint density at radius 2 is 2.00 bits per heavy atom. The van der Waals surface area contributed by atoms with E-state index >= 15 is 0 Å². The number of hydrogen-bond acceptors (Lipinski definition) is 3. The van der Waals surface area contributed by atoms with Crippen molar-refractivity contribution in [2.24, 2.45) is 0 Å². The molecule has 0 bridgehead atoms. The molecule has 1 heterocycles. The molecule has 1 aromatic carbocycles. The second-order valence-electron chi connectivity index (χ2n) is 3.57. The number of rotatable bonds is 3. The van der Waals surface area contributed by atoms with Gasteiger partial charge >= 0.3 is 0 Å². The van der Waals surface area contributed by atoms with Gasteiger partial charge in [-0.15, -0.1) is 0 Å². The lowest BCUT2D eigenvalue weighted by Crippen LogP contribution is -2.13. The lowest BCUT2D eigenvalue weighted by Gasteiger charge is -2.08. The molecule has 0 saturated heterocycles. The first-order valence-corrected chi connectivity index (χ1v) is 7.62. The Hall–Kier alpha value is -1.18. The summed E-state index contributed by atoms with van der Waals surface area (Å²) in [4.78, 5) is 3.73. The van der Waals surface area contributed by atoms with Crippen molar-refractivity contribution < 1.29 is 12.8 Å². The third-order valence-corrected chi connectivity index (χ3v) is 4.25. The number of sulfonamides is 1. The van der Waals surface area contributed by atoms with E-state index in [1.54, 1.807) is 0 Å². The molecule has 4 nitrogen and oxygen atoms in total. The summed E-state index contributed by atoms with van der Waals surface area (Å²) in [5.41, 5.74) is 0.0851. The van der Waals surface area contributed by atoms with Crippen molar-refractivity contribution in [2.75, 3.05) is 4.72 Å². The molecule has 1 N–H and O–H groups in total. The van der Waals surface area contributed by atoms with Crippen molar-refractivity contribution in [1.29, 1.82) is 0 Å². The monoisotopic (exact) mass is 364 g/mol. The molecule has 0 aliphatic carbocycles. The first-order chi connectivity index (χ1) is 8.88. The maximum atomic E-state index is 13.2. The van der Waals surface area contributed by atoms with Crippen molar-refractivity contribution in [1.82, 2.24) is 4.98 Å². The molecule has 8 heteroatoms. The standard InChI is InChI=1S/C11H7BrClFN2O2S/c12-7-3-9(6-15-5-7)19(17,18)16-8-1-2-10(13)11(14)4-8/h1-6,16H. The summed E-state index contributed by atoms with van der Waals surface area (Å²) in [6, 6.07) is 5.04. The predicted octanol–water partition coefficient (Wildman–Crippen LogP) is 3.44. The minimum absolute atomic E-state index is 0.0303. The number of anilines is 1. The second-order valence-corrected chi connectivity index (χ2v) is 6.58. The van der Waals surface area contributed by atoms with E-state index in [1.165, 1.54) is 30.6 Å². The highest BCUT2D eigenvalue weighted by atomic mass is 79.9. The minimum atomic E-state index is -3.82. The number of nitrogens with zero attached hydrogens (tertiary/aromatic N) is 1. The molecule has 0 fully saturated rings. The fraction of sp³-hybridized carbons (Fsp3) is 0. The van der Waals surface area contributed by atoms with E-state index < -0.39 is 15.8 Å². The smallest absolute Gasteiger partial charge is 0.263 e. The lowest BCUT2D eigenvalue weighted by atomic mass is 10.3. The summed E-state index contributed by atoms with van der Waals surface area (Å²) in [6.07, 6.45) is 2.65. The Labute approximate surface area is 122 Å². The van der Waals surface area contributed by atoms with Crippen LogP contribution in [0.3, 0.4) is 0 Å². The van der Waals surface area contributed by atoms with Gasteiger partial charge in [0.1, 0.15) is 10.7 Å². The van der Waals surface area contributed by atoms with E-state index in [0.717, 1.165) is 6.07 Å². The van der Waals surface area contributed by atoms with Gasteiger partial charge in [-0.1, -0.05) is 11.6 Å². The SMILES string of the molecule is O=S(=O)(Nc1ccc(Cl)c(F)c1)c1cncc(Br)c1. The van der Waals surface area contributed by atoms with E-state index in [4.69, 9.17) is 11.6 Å². The van der Waals surface area contributed by atoms with Gasteiger partial charge in [-0.25, -0.2) is 12.8 Å². The van der Waals surface area contributed by atoms with Crippen LogP contribution in [0.1, 0.15) is 0 Å². The Morgan fingerprint density at radius 1 is 1.26 bits per heavy atom. The molecular formula is C11H7BrClFN2O2S. The van der Waals surface area contributed by atoms with Gasteiger partial charge in [0, 0.05) is 16.9 Å². The van der Waals surface area contributed by atoms with Gasteiger partial charge in [-0.2, -0.15) is 0 Å². The topological polar surface area (TPSA) is 59.1 Å². The summed E-state index contributed by atoms with van der Waals surface area (Å²) in [5.74, 6) is -0.700. The number of aromatic nitrogens is 1. The number of halogens is 3. The van der Waals surface area contributed by atoms with Crippen LogP contribution >= 0.6 is 27.5 Å². The second kappa shape index (κ2) is 5.44. The molecule has 0 aliphatic heterocycles. The van der Waals surface area contributed by atoms with Crippen molar-refractivity contribution in [3.8, 4) is 0 Å². The molecule has 0 unspecified atom stereocenters. The molecule has 0 aliphatic rings. The van der Waals surface area contributed by atoms with Crippen molar-refractivity contribution in [3.63, 3.8) is 0 Å². The Balaban J connectivity index is 2.33. The third-order valence-electron chi connectivity index (χ3n) is 2.16. The molecule has 19 heavy (non-hydrogen) atoms. The van der Waals surface area contributed by atoms with Crippen LogP contribution in [0.4, 0.5) is 10.1 Å². The van der Waals surface area contributed by atoms with Crippen LogP contribution in [0.25, 0.3) is 0 Å². The van der Waals surface area contributed by atoms with E-state index in [2.05, 4.69) is 25.6 Å². The van der Waals surface area contributed by atoms with Crippen molar-refractivity contribution in [3.05, 3.63) is 52.0 Å². The highest BCUT2D eigenvalue weighted by Gasteiger charge is 2.15. The summed E-state index contributed by atoms with van der Waals surface area (Å²) >= 11 is 8.65. The first-order valence-electron chi connectivity index (χ1n) is 4.97. The van der Waals surface area contributed by atoms with Gasteiger partial charge in [-0.05, 0) is 40.2 Å². The lowest BCUT2D eigenvalue weighted by molar-refractivity contribution is 0.600. The number of benzene rings is 1. The van der Waals surface area contributed by atoms with Crippen LogP contribution in [-0.4, -0.2) is 13.4 Å². The molecule has 1 aromatic heterocycles. The van der Waals surface area contributed by atoms with Gasteiger partial charge in [0.15, 0.2) is 0 Å². The zero-order valence-corrected chi connectivity index (χ0v) is 12.4. The van der Waals surface area contributed by atoms with Gasteiger partial charge in [0.25, 0.3) is 10.0 Å². The minimum Gasteiger partial charge on any atom is -0.279 e. The van der Waals surface area contributed by atoms with Crippen LogP contribution in [0.5, 0.6) is 0 Å². The highest BCUT2D eigenvalue weighted by molar-refractivity contribution is 9.10. The first kappa shape index (κ1) is 14.2. The zero-order chi connectivity index (χ0) is 14.0. The molecule has 100 valence electrons. The molecule has 0 spiro atoms. The molecule has 0 radical (unpaired) electrons. The predicted molar refractivity (Wildman–Crippen MR) is 74.2 cm³/mol. The molecule has 0 saturated carbocycles. The van der Waals surface area contributed by atoms with Gasteiger partial charge in [-0.3, -0.25) is 9.71 Å². The number of hydrogen-bond donors (Lipinski definition) is 1. The largest absolute Gasteiger partial charge is 0.279 e. The van der Waals surface area contributed by atoms with E-state index in [9.17, 15) is 12.8 Å². The van der Waals surface area contributed by atoms with Gasteiger partial charge in [0.2, 0.25) is 0 Å². The highest BCUT2D eigenvalue weighted by Crippen LogP contribution is 2.22. The van der Waals surface area contributed by atoms with Crippen LogP contribution in [0.15, 0.2) is 46.0 Å². The fourth-order valence-electron chi connectivity index (χ4n) is 1.31. The van der Waals surface area contributed by atoms with Gasteiger partial charge in [0.05, 0.1) is 10.7 Å². The fourth-order valence-corrected chi connectivity index (χ4v) is 2.98. The Morgan fingerprint density at radius 3 is 2.63 bits per heavy atom. The van der Waals surface area contributed by atoms with E-state index in [-0.39, 0.29) is 15.6 Å². The van der Waals surface area contributed by atoms with Crippen LogP contribution in [0.2, 0.25) is 5.02 Å². The molecule has 0 amide bonds. The Bertz CT molecular complexity index is 724. The normalized spacial score (nSPS) is 11.3. The molecule has 2 rings (SSSR count). The Kier molecular flexibility index (Phi) is 4.07. The zero-order valence-electron chi connectivity index (χ0n) is 9.27. The quantitative estimate of drug-likeness (QED) is 0.906. The maximum absolute atomic E-state index is 13.2. The summed E-state index contributed by atoms with van der Waals surface area (Å²) in [7, 11) is -3.82. The van der Waals surface area contributed by atoms with Gasteiger partial charge < -0.3 is 0 Å². The van der Waals surface area contributed by atoms with Crippen LogP contribution < -0.4 is 4.72 Å². The summed E-state index contributed by atoms with van der Waals surface area (Å²) in [6.45, 7) is 0. The van der Waals surface area contributed by atoms with E-state index in [1.807, 2.05) is 0 Å². The van der Waals surface area contributed by atoms with E-state index in [0.29, 0.717) is 4.47 Å². The van der Waals surface area contributed by atoms with Crippen LogP contribution in [-0.2, 0) is 10.0 Å². The van der Waals surface area contributed by atoms with Crippen molar-refractivity contribution >= 4 is 43.2 Å². The molecule has 2 aromatic rings.